The molecule has 0 amide bonds. The summed E-state index contributed by atoms with van der Waals surface area (Å²) in [7, 11) is 0. The third-order valence-electron chi connectivity index (χ3n) is 6.46. The van der Waals surface area contributed by atoms with Gasteiger partial charge in [0.2, 0.25) is 0 Å². The summed E-state index contributed by atoms with van der Waals surface area (Å²) in [6.07, 6.45) is 1.09. The molecule has 6 heteroatoms. The fourth-order valence-corrected chi connectivity index (χ4v) is 4.78. The van der Waals surface area contributed by atoms with Gasteiger partial charge in [0.15, 0.2) is 0 Å². The first-order valence-electron chi connectivity index (χ1n) is 11.5. The second-order valence-electron chi connectivity index (χ2n) is 9.13. The van der Waals surface area contributed by atoms with Crippen molar-refractivity contribution in [1.82, 2.24) is 0 Å². The Bertz CT molecular complexity index is 928. The number of ether oxygens (including phenoxy) is 3. The van der Waals surface area contributed by atoms with Crippen molar-refractivity contribution >= 4 is 10.8 Å². The molecule has 0 radical (unpaired) electrons. The Labute approximate surface area is 189 Å². The molecule has 32 heavy (non-hydrogen) atoms. The maximum absolute atomic E-state index is 10.4. The van der Waals surface area contributed by atoms with Gasteiger partial charge >= 0.3 is 0 Å². The van der Waals surface area contributed by atoms with E-state index in [2.05, 4.69) is 6.58 Å². The van der Waals surface area contributed by atoms with E-state index in [0.717, 1.165) is 34.8 Å². The average Bonchev–Trinajstić information content (AvgIpc) is 2.79. The van der Waals surface area contributed by atoms with Gasteiger partial charge < -0.3 is 29.5 Å². The summed E-state index contributed by atoms with van der Waals surface area (Å²) < 4.78 is 18.2. The molecule has 0 bridgehead atoms. The van der Waals surface area contributed by atoms with Crippen molar-refractivity contribution in [2.24, 2.45) is 0 Å². The van der Waals surface area contributed by atoms with E-state index in [-0.39, 0.29) is 24.9 Å². The van der Waals surface area contributed by atoms with Crippen LogP contribution in [-0.2, 0) is 9.47 Å². The van der Waals surface area contributed by atoms with Crippen molar-refractivity contribution in [1.29, 1.82) is 0 Å². The molecule has 4 rings (SSSR count). The molecule has 0 aliphatic carbocycles. The van der Waals surface area contributed by atoms with Crippen LogP contribution in [0.15, 0.2) is 48.6 Å². The van der Waals surface area contributed by atoms with E-state index in [1.165, 1.54) is 0 Å². The van der Waals surface area contributed by atoms with Gasteiger partial charge in [0.25, 0.3) is 0 Å². The SMILES string of the molecule is C=C(COc1ccc2ccccc2c1C1CC(O)CC(CO)O1)CC1O[C@@H](C)CCC1O. The zero-order valence-corrected chi connectivity index (χ0v) is 18.7. The number of rotatable bonds is 7. The number of aliphatic hydroxyl groups is 3. The standard InChI is InChI=1S/C26H34O6/c1-16(11-24-22(29)9-7-17(2)31-24)15-30-23-10-8-18-5-3-4-6-21(18)26(23)25-13-19(28)12-20(14-27)32-25/h3-6,8,10,17,19-20,22,24-25,27-29H,1,7,9,11-15H2,2H3/t17-,19?,20?,22?,24?,25?/m0/s1. The second-order valence-corrected chi connectivity index (χ2v) is 9.13. The summed E-state index contributed by atoms with van der Waals surface area (Å²) in [5, 5.41) is 32.3. The molecule has 2 aromatic carbocycles. The van der Waals surface area contributed by atoms with Crippen LogP contribution in [0.4, 0.5) is 0 Å². The Kier molecular flexibility index (Phi) is 7.48. The van der Waals surface area contributed by atoms with E-state index in [4.69, 9.17) is 14.2 Å². The van der Waals surface area contributed by atoms with Crippen LogP contribution in [0.5, 0.6) is 5.75 Å². The Morgan fingerprint density at radius 3 is 2.72 bits per heavy atom. The zero-order chi connectivity index (χ0) is 22.7. The molecule has 5 unspecified atom stereocenters. The Balaban J connectivity index is 1.53. The van der Waals surface area contributed by atoms with E-state index in [0.29, 0.717) is 31.6 Å². The van der Waals surface area contributed by atoms with Crippen LogP contribution < -0.4 is 4.74 Å². The summed E-state index contributed by atoms with van der Waals surface area (Å²) in [5.74, 6) is 0.680. The minimum Gasteiger partial charge on any atom is -0.489 e. The lowest BCUT2D eigenvalue weighted by atomic mass is 9.92. The first-order valence-corrected chi connectivity index (χ1v) is 11.5. The van der Waals surface area contributed by atoms with Crippen molar-refractivity contribution < 1.29 is 29.5 Å². The van der Waals surface area contributed by atoms with Crippen molar-refractivity contribution in [2.45, 2.75) is 75.7 Å². The molecule has 2 aromatic rings. The van der Waals surface area contributed by atoms with Crippen LogP contribution in [-0.4, -0.2) is 59.1 Å². The summed E-state index contributed by atoms with van der Waals surface area (Å²) >= 11 is 0. The van der Waals surface area contributed by atoms with E-state index >= 15 is 0 Å². The molecule has 174 valence electrons. The largest absolute Gasteiger partial charge is 0.489 e. The fourth-order valence-electron chi connectivity index (χ4n) is 4.78. The molecule has 2 saturated heterocycles. The van der Waals surface area contributed by atoms with Crippen molar-refractivity contribution in [2.75, 3.05) is 13.2 Å². The highest BCUT2D eigenvalue weighted by molar-refractivity contribution is 5.88. The number of hydrogen-bond acceptors (Lipinski definition) is 6. The van der Waals surface area contributed by atoms with Gasteiger partial charge in [-0.1, -0.05) is 36.9 Å². The number of fused-ring (bicyclic) bond motifs is 1. The van der Waals surface area contributed by atoms with Gasteiger partial charge in [0.1, 0.15) is 12.4 Å². The molecule has 2 fully saturated rings. The molecule has 2 aliphatic heterocycles. The lowest BCUT2D eigenvalue weighted by Gasteiger charge is -2.34. The minimum absolute atomic E-state index is 0.131. The topological polar surface area (TPSA) is 88.4 Å². The van der Waals surface area contributed by atoms with Crippen LogP contribution in [0, 0.1) is 0 Å². The third kappa shape index (κ3) is 5.33. The van der Waals surface area contributed by atoms with Crippen molar-refractivity contribution in [3.05, 3.63) is 54.1 Å². The molecule has 0 aromatic heterocycles. The molecule has 2 aliphatic rings. The quantitative estimate of drug-likeness (QED) is 0.567. The highest BCUT2D eigenvalue weighted by Crippen LogP contribution is 2.41. The van der Waals surface area contributed by atoms with Gasteiger partial charge in [-0.2, -0.15) is 0 Å². The first kappa shape index (κ1) is 23.2. The van der Waals surface area contributed by atoms with Crippen LogP contribution in [0.1, 0.15) is 50.7 Å². The van der Waals surface area contributed by atoms with E-state index in [1.54, 1.807) is 0 Å². The summed E-state index contributed by atoms with van der Waals surface area (Å²) in [6.45, 7) is 6.34. The molecule has 2 heterocycles. The number of hydrogen-bond donors (Lipinski definition) is 3. The molecule has 6 atom stereocenters. The van der Waals surface area contributed by atoms with E-state index < -0.39 is 18.3 Å². The highest BCUT2D eigenvalue weighted by atomic mass is 16.5. The van der Waals surface area contributed by atoms with Crippen LogP contribution >= 0.6 is 0 Å². The van der Waals surface area contributed by atoms with Gasteiger partial charge in [-0.25, -0.2) is 0 Å². The van der Waals surface area contributed by atoms with Crippen molar-refractivity contribution in [3.63, 3.8) is 0 Å². The predicted molar refractivity (Wildman–Crippen MR) is 123 cm³/mol. The normalized spacial score (nSPS) is 30.9. The van der Waals surface area contributed by atoms with Crippen LogP contribution in [0.2, 0.25) is 0 Å². The average molecular weight is 443 g/mol. The second kappa shape index (κ2) is 10.3. The molecule has 6 nitrogen and oxygen atoms in total. The monoisotopic (exact) mass is 442 g/mol. The van der Waals surface area contributed by atoms with Gasteiger partial charge in [-0.05, 0) is 42.2 Å². The van der Waals surface area contributed by atoms with Gasteiger partial charge in [0, 0.05) is 24.8 Å². The molecular formula is C26H34O6. The zero-order valence-electron chi connectivity index (χ0n) is 18.7. The van der Waals surface area contributed by atoms with E-state index in [9.17, 15) is 15.3 Å². The molecular weight excluding hydrogens is 408 g/mol. The predicted octanol–water partition coefficient (Wildman–Crippen LogP) is 3.67. The third-order valence-corrected chi connectivity index (χ3v) is 6.46. The van der Waals surface area contributed by atoms with Crippen molar-refractivity contribution in [3.8, 4) is 5.75 Å². The minimum atomic E-state index is -0.542. The summed E-state index contributed by atoms with van der Waals surface area (Å²) in [6, 6.07) is 12.0. The number of benzene rings is 2. The maximum Gasteiger partial charge on any atom is 0.126 e. The lowest BCUT2D eigenvalue weighted by molar-refractivity contribution is -0.114. The fraction of sp³-hybridized carbons (Fsp3) is 0.538. The Morgan fingerprint density at radius 1 is 1.09 bits per heavy atom. The van der Waals surface area contributed by atoms with Gasteiger partial charge in [-0.3, -0.25) is 0 Å². The smallest absolute Gasteiger partial charge is 0.126 e. The molecule has 3 N–H and O–H groups in total. The maximum atomic E-state index is 10.4. The Morgan fingerprint density at radius 2 is 1.91 bits per heavy atom. The van der Waals surface area contributed by atoms with Crippen LogP contribution in [0.25, 0.3) is 10.8 Å². The molecule has 0 spiro atoms. The highest BCUT2D eigenvalue weighted by Gasteiger charge is 2.32. The first-order chi connectivity index (χ1) is 15.4. The summed E-state index contributed by atoms with van der Waals surface area (Å²) in [5.41, 5.74) is 1.73. The van der Waals surface area contributed by atoms with E-state index in [1.807, 2.05) is 43.3 Å². The van der Waals surface area contributed by atoms with Crippen LogP contribution in [0.3, 0.4) is 0 Å². The Hall–Kier alpha value is -1.96. The van der Waals surface area contributed by atoms with Gasteiger partial charge in [0.05, 0.1) is 43.2 Å². The summed E-state index contributed by atoms with van der Waals surface area (Å²) in [4.78, 5) is 0. The molecule has 0 saturated carbocycles. The van der Waals surface area contributed by atoms with Gasteiger partial charge in [-0.15, -0.1) is 0 Å². The number of aliphatic hydroxyl groups excluding tert-OH is 3. The lowest BCUT2D eigenvalue weighted by Crippen LogP contribution is -2.38.